The van der Waals surface area contributed by atoms with Crippen molar-refractivity contribution in [1.29, 1.82) is 0 Å². The number of hydrogen-bond donors (Lipinski definition) is 2. The fourth-order valence-corrected chi connectivity index (χ4v) is 4.76. The number of aliphatic hydroxyl groups excluding tert-OH is 1. The van der Waals surface area contributed by atoms with E-state index < -0.39 is 6.10 Å². The maximum absolute atomic E-state index is 13.5. The first-order valence-electron chi connectivity index (χ1n) is 10.9. The Morgan fingerprint density at radius 2 is 1.88 bits per heavy atom. The number of benzene rings is 3. The number of amides is 1. The van der Waals surface area contributed by atoms with Crippen LogP contribution in [0.5, 0.6) is 0 Å². The van der Waals surface area contributed by atoms with Crippen molar-refractivity contribution in [3.8, 4) is 16.9 Å². The summed E-state index contributed by atoms with van der Waals surface area (Å²) in [5.41, 5.74) is 3.26. The molecule has 0 spiro atoms. The largest absolute Gasteiger partial charge is 0.391 e. The molecule has 1 fully saturated rings. The summed E-state index contributed by atoms with van der Waals surface area (Å²) in [7, 11) is 0. The SMILES string of the molecule is CC1CCC(O)C1NC(=O)c1ccc2c(-c3ccccc3Cl)nn(-c3ccc(F)cc3)c2c1. The molecular formula is C26H23ClFN3O2. The summed E-state index contributed by atoms with van der Waals surface area (Å²) < 4.78 is 15.2. The maximum Gasteiger partial charge on any atom is 0.251 e. The molecule has 1 saturated carbocycles. The number of aliphatic hydroxyl groups is 1. The van der Waals surface area contributed by atoms with E-state index in [0.29, 0.717) is 33.9 Å². The predicted octanol–water partition coefficient (Wildman–Crippen LogP) is 5.37. The van der Waals surface area contributed by atoms with E-state index in [4.69, 9.17) is 16.7 Å². The van der Waals surface area contributed by atoms with Crippen LogP contribution in [0.2, 0.25) is 5.02 Å². The summed E-state index contributed by atoms with van der Waals surface area (Å²) >= 11 is 6.45. The summed E-state index contributed by atoms with van der Waals surface area (Å²) in [5.74, 6) is -0.379. The minimum Gasteiger partial charge on any atom is -0.391 e. The van der Waals surface area contributed by atoms with Crippen molar-refractivity contribution in [2.45, 2.75) is 31.9 Å². The van der Waals surface area contributed by atoms with Gasteiger partial charge in [0.25, 0.3) is 5.91 Å². The lowest BCUT2D eigenvalue weighted by molar-refractivity contribution is 0.0850. The Morgan fingerprint density at radius 3 is 2.58 bits per heavy atom. The second kappa shape index (κ2) is 8.61. The molecule has 1 aliphatic rings. The second-order valence-corrected chi connectivity index (χ2v) is 8.98. The van der Waals surface area contributed by atoms with Gasteiger partial charge in [-0.1, -0.05) is 36.7 Å². The average Bonchev–Trinajstić information content (AvgIpc) is 3.34. The van der Waals surface area contributed by atoms with Gasteiger partial charge < -0.3 is 10.4 Å². The van der Waals surface area contributed by atoms with Gasteiger partial charge in [-0.2, -0.15) is 5.10 Å². The monoisotopic (exact) mass is 463 g/mol. The van der Waals surface area contributed by atoms with Gasteiger partial charge in [-0.25, -0.2) is 9.07 Å². The Morgan fingerprint density at radius 1 is 1.12 bits per heavy atom. The summed E-state index contributed by atoms with van der Waals surface area (Å²) in [6.07, 6.45) is 1.03. The first-order chi connectivity index (χ1) is 15.9. The molecule has 2 N–H and O–H groups in total. The van der Waals surface area contributed by atoms with Crippen LogP contribution >= 0.6 is 11.6 Å². The minimum atomic E-state index is -0.538. The average molecular weight is 464 g/mol. The quantitative estimate of drug-likeness (QED) is 0.427. The smallest absolute Gasteiger partial charge is 0.251 e. The number of aromatic nitrogens is 2. The first-order valence-corrected chi connectivity index (χ1v) is 11.3. The van der Waals surface area contributed by atoms with Gasteiger partial charge in [-0.3, -0.25) is 4.79 Å². The van der Waals surface area contributed by atoms with Gasteiger partial charge in [0, 0.05) is 16.5 Å². The lowest BCUT2D eigenvalue weighted by atomic mass is 10.0. The molecule has 7 heteroatoms. The van der Waals surface area contributed by atoms with Crippen molar-refractivity contribution in [3.05, 3.63) is 83.1 Å². The van der Waals surface area contributed by atoms with Gasteiger partial charge in [0.15, 0.2) is 0 Å². The molecule has 3 atom stereocenters. The molecule has 5 rings (SSSR count). The fourth-order valence-electron chi connectivity index (χ4n) is 4.53. The van der Waals surface area contributed by atoms with Gasteiger partial charge in [0.05, 0.1) is 28.4 Å². The van der Waals surface area contributed by atoms with E-state index in [9.17, 15) is 14.3 Å². The molecule has 5 nitrogen and oxygen atoms in total. The predicted molar refractivity (Wildman–Crippen MR) is 127 cm³/mol. The van der Waals surface area contributed by atoms with E-state index in [1.165, 1.54) is 12.1 Å². The van der Waals surface area contributed by atoms with Gasteiger partial charge in [-0.05, 0) is 67.3 Å². The third-order valence-corrected chi connectivity index (χ3v) is 6.72. The van der Waals surface area contributed by atoms with Crippen molar-refractivity contribution < 1.29 is 14.3 Å². The van der Waals surface area contributed by atoms with Crippen molar-refractivity contribution in [1.82, 2.24) is 15.1 Å². The molecule has 0 bridgehead atoms. The topological polar surface area (TPSA) is 67.2 Å². The second-order valence-electron chi connectivity index (χ2n) is 8.57. The Labute approximate surface area is 195 Å². The van der Waals surface area contributed by atoms with Crippen LogP contribution < -0.4 is 5.32 Å². The van der Waals surface area contributed by atoms with Crippen LogP contribution in [0.15, 0.2) is 66.7 Å². The maximum atomic E-state index is 13.5. The van der Waals surface area contributed by atoms with Crippen LogP contribution in [0.1, 0.15) is 30.1 Å². The number of nitrogens with one attached hydrogen (secondary N) is 1. The minimum absolute atomic E-state index is 0.212. The van der Waals surface area contributed by atoms with E-state index in [2.05, 4.69) is 5.32 Å². The van der Waals surface area contributed by atoms with Gasteiger partial charge >= 0.3 is 0 Å². The zero-order valence-corrected chi connectivity index (χ0v) is 18.8. The Kier molecular flexibility index (Phi) is 5.64. The zero-order chi connectivity index (χ0) is 23.1. The van der Waals surface area contributed by atoms with Crippen molar-refractivity contribution in [2.75, 3.05) is 0 Å². The van der Waals surface area contributed by atoms with Gasteiger partial charge in [0.1, 0.15) is 11.5 Å². The molecule has 1 aliphatic carbocycles. The summed E-state index contributed by atoms with van der Waals surface area (Å²) in [4.78, 5) is 13.0. The summed E-state index contributed by atoms with van der Waals surface area (Å²) in [6.45, 7) is 2.03. The van der Waals surface area contributed by atoms with E-state index >= 15 is 0 Å². The zero-order valence-electron chi connectivity index (χ0n) is 18.0. The number of hydrogen-bond acceptors (Lipinski definition) is 3. The molecule has 33 heavy (non-hydrogen) atoms. The summed E-state index contributed by atoms with van der Waals surface area (Å²) in [5, 5.41) is 19.4. The molecule has 0 saturated heterocycles. The fraction of sp³-hybridized carbons (Fsp3) is 0.231. The van der Waals surface area contributed by atoms with Gasteiger partial charge in [-0.15, -0.1) is 0 Å². The number of carbonyl (C=O) groups excluding carboxylic acids is 1. The molecule has 1 heterocycles. The van der Waals surface area contributed by atoms with Crippen LogP contribution in [0, 0.1) is 11.7 Å². The summed E-state index contributed by atoms with van der Waals surface area (Å²) in [6, 6.07) is 18.6. The normalized spacial score (nSPS) is 20.3. The number of nitrogens with zero attached hydrogens (tertiary/aromatic N) is 2. The Balaban J connectivity index is 1.62. The first kappa shape index (κ1) is 21.6. The van der Waals surface area contributed by atoms with Crippen LogP contribution in [0.25, 0.3) is 27.8 Å². The van der Waals surface area contributed by atoms with Crippen LogP contribution in [-0.2, 0) is 0 Å². The highest BCUT2D eigenvalue weighted by Gasteiger charge is 2.33. The molecule has 3 unspecified atom stereocenters. The van der Waals surface area contributed by atoms with E-state index in [0.717, 1.165) is 17.4 Å². The molecule has 3 aromatic carbocycles. The van der Waals surface area contributed by atoms with E-state index in [1.54, 1.807) is 35.0 Å². The highest BCUT2D eigenvalue weighted by Crippen LogP contribution is 2.34. The number of halogens is 2. The van der Waals surface area contributed by atoms with E-state index in [1.807, 2.05) is 31.2 Å². The molecule has 1 amide bonds. The van der Waals surface area contributed by atoms with Crippen LogP contribution in [0.4, 0.5) is 4.39 Å². The third-order valence-electron chi connectivity index (χ3n) is 6.39. The molecule has 0 aliphatic heterocycles. The van der Waals surface area contributed by atoms with Crippen LogP contribution in [-0.4, -0.2) is 32.9 Å². The van der Waals surface area contributed by atoms with Crippen molar-refractivity contribution in [3.63, 3.8) is 0 Å². The highest BCUT2D eigenvalue weighted by molar-refractivity contribution is 6.33. The van der Waals surface area contributed by atoms with E-state index in [-0.39, 0.29) is 23.7 Å². The molecular weight excluding hydrogens is 441 g/mol. The lowest BCUT2D eigenvalue weighted by Crippen LogP contribution is -2.43. The third kappa shape index (κ3) is 4.01. The standard InChI is InChI=1S/C26H23ClFN3O2/c1-15-6-13-23(32)24(15)29-26(33)16-7-12-20-22(14-16)31(18-10-8-17(28)9-11-18)30-25(20)19-4-2-3-5-21(19)27/h2-5,7-12,14-15,23-24,32H,6,13H2,1H3,(H,29,33). The number of rotatable bonds is 4. The Hall–Kier alpha value is -3.22. The number of fused-ring (bicyclic) bond motifs is 1. The van der Waals surface area contributed by atoms with Crippen LogP contribution in [0.3, 0.4) is 0 Å². The number of carbonyl (C=O) groups is 1. The molecule has 4 aromatic rings. The molecule has 168 valence electrons. The Bertz CT molecular complexity index is 1330. The van der Waals surface area contributed by atoms with Crippen molar-refractivity contribution in [2.24, 2.45) is 5.92 Å². The van der Waals surface area contributed by atoms with Gasteiger partial charge in [0.2, 0.25) is 0 Å². The van der Waals surface area contributed by atoms with Crippen molar-refractivity contribution >= 4 is 28.4 Å². The molecule has 0 radical (unpaired) electrons. The lowest BCUT2D eigenvalue weighted by Gasteiger charge is -2.20. The molecule has 1 aromatic heterocycles. The highest BCUT2D eigenvalue weighted by atomic mass is 35.5.